The Bertz CT molecular complexity index is 1400. The van der Waals surface area contributed by atoms with Crippen molar-refractivity contribution < 1.29 is 19.1 Å². The van der Waals surface area contributed by atoms with Gasteiger partial charge in [0.05, 0.1) is 11.1 Å². The van der Waals surface area contributed by atoms with E-state index in [-0.39, 0.29) is 17.8 Å². The summed E-state index contributed by atoms with van der Waals surface area (Å²) in [6, 6.07) is 18.3. The van der Waals surface area contributed by atoms with Gasteiger partial charge >= 0.3 is 5.97 Å². The van der Waals surface area contributed by atoms with E-state index in [1.165, 1.54) is 0 Å². The van der Waals surface area contributed by atoms with Crippen molar-refractivity contribution in [3.05, 3.63) is 64.6 Å². The SMILES string of the molecule is CCOC(=O)COc1ccc2cc(-c3cc4ccc(C(=O)CCC(C)(C)C)cc4s3)ccc2c1Br. The molecule has 1 aromatic heterocycles. The molecule has 0 aliphatic rings. The summed E-state index contributed by atoms with van der Waals surface area (Å²) in [5.41, 5.74) is 2.05. The lowest BCUT2D eigenvalue weighted by molar-refractivity contribution is -0.145. The van der Waals surface area contributed by atoms with Crippen molar-refractivity contribution in [1.29, 1.82) is 0 Å². The highest BCUT2D eigenvalue weighted by Crippen LogP contribution is 2.39. The molecular formula is C29H29BrO4S. The van der Waals surface area contributed by atoms with Gasteiger partial charge in [-0.2, -0.15) is 0 Å². The molecule has 0 aliphatic heterocycles. The van der Waals surface area contributed by atoms with Gasteiger partial charge in [0, 0.05) is 21.6 Å². The number of ketones is 1. The fourth-order valence-electron chi connectivity index (χ4n) is 3.86. The predicted molar refractivity (Wildman–Crippen MR) is 148 cm³/mol. The summed E-state index contributed by atoms with van der Waals surface area (Å²) in [5.74, 6) is 0.413. The fourth-order valence-corrected chi connectivity index (χ4v) is 5.56. The third-order valence-electron chi connectivity index (χ3n) is 5.80. The first-order valence-electron chi connectivity index (χ1n) is 11.7. The van der Waals surface area contributed by atoms with E-state index >= 15 is 0 Å². The molecule has 0 unspecified atom stereocenters. The summed E-state index contributed by atoms with van der Waals surface area (Å²) in [6.45, 7) is 8.46. The van der Waals surface area contributed by atoms with E-state index in [0.29, 0.717) is 18.8 Å². The third kappa shape index (κ3) is 6.11. The van der Waals surface area contributed by atoms with Gasteiger partial charge in [-0.25, -0.2) is 4.79 Å². The molecule has 0 aliphatic carbocycles. The summed E-state index contributed by atoms with van der Waals surface area (Å²) in [5, 5.41) is 3.21. The van der Waals surface area contributed by atoms with Crippen LogP contribution in [-0.2, 0) is 9.53 Å². The van der Waals surface area contributed by atoms with Gasteiger partial charge in [0.2, 0.25) is 0 Å². The molecule has 0 fully saturated rings. The Balaban J connectivity index is 1.57. The summed E-state index contributed by atoms with van der Waals surface area (Å²) in [7, 11) is 0. The zero-order valence-electron chi connectivity index (χ0n) is 20.4. The number of hydrogen-bond acceptors (Lipinski definition) is 5. The molecule has 0 spiro atoms. The smallest absolute Gasteiger partial charge is 0.344 e. The van der Waals surface area contributed by atoms with Crippen LogP contribution in [0.3, 0.4) is 0 Å². The fraction of sp³-hybridized carbons (Fsp3) is 0.310. The number of Topliss-reactive ketones (excluding diaryl/α,β-unsaturated/α-hetero) is 1. The molecule has 0 radical (unpaired) electrons. The van der Waals surface area contributed by atoms with Crippen LogP contribution in [-0.4, -0.2) is 25.0 Å². The molecular weight excluding hydrogens is 524 g/mol. The first-order chi connectivity index (χ1) is 16.6. The predicted octanol–water partition coefficient (Wildman–Crippen LogP) is 8.43. The molecule has 182 valence electrons. The Kier molecular flexibility index (Phi) is 7.62. The summed E-state index contributed by atoms with van der Waals surface area (Å²) < 4.78 is 12.5. The highest BCUT2D eigenvalue weighted by Gasteiger charge is 2.16. The molecule has 4 aromatic rings. The van der Waals surface area contributed by atoms with Crippen molar-refractivity contribution in [3.8, 4) is 16.2 Å². The second-order valence-electron chi connectivity index (χ2n) is 9.75. The molecule has 0 atom stereocenters. The van der Waals surface area contributed by atoms with Crippen molar-refractivity contribution in [2.45, 2.75) is 40.5 Å². The van der Waals surface area contributed by atoms with Crippen LogP contribution in [0.4, 0.5) is 0 Å². The van der Waals surface area contributed by atoms with E-state index in [0.717, 1.165) is 47.8 Å². The summed E-state index contributed by atoms with van der Waals surface area (Å²) in [6.07, 6.45) is 1.44. The van der Waals surface area contributed by atoms with Crippen LogP contribution in [0.15, 0.2) is 59.1 Å². The molecule has 6 heteroatoms. The van der Waals surface area contributed by atoms with Crippen molar-refractivity contribution in [2.24, 2.45) is 5.41 Å². The highest BCUT2D eigenvalue weighted by molar-refractivity contribution is 9.10. The van der Waals surface area contributed by atoms with Gasteiger partial charge in [-0.1, -0.05) is 51.1 Å². The van der Waals surface area contributed by atoms with E-state index < -0.39 is 5.97 Å². The minimum Gasteiger partial charge on any atom is -0.481 e. The second-order valence-corrected chi connectivity index (χ2v) is 11.6. The van der Waals surface area contributed by atoms with E-state index in [1.807, 2.05) is 30.3 Å². The van der Waals surface area contributed by atoms with Gasteiger partial charge < -0.3 is 9.47 Å². The average Bonchev–Trinajstić information content (AvgIpc) is 3.25. The number of carbonyl (C=O) groups is 2. The van der Waals surface area contributed by atoms with Crippen LogP contribution in [0, 0.1) is 5.41 Å². The molecule has 0 N–H and O–H groups in total. The Hall–Kier alpha value is -2.70. The Morgan fingerprint density at radius 1 is 0.971 bits per heavy atom. The molecule has 1 heterocycles. The Morgan fingerprint density at radius 3 is 2.49 bits per heavy atom. The van der Waals surface area contributed by atoms with E-state index in [1.54, 1.807) is 18.3 Å². The van der Waals surface area contributed by atoms with E-state index in [9.17, 15) is 9.59 Å². The Labute approximate surface area is 218 Å². The zero-order valence-corrected chi connectivity index (χ0v) is 22.8. The van der Waals surface area contributed by atoms with E-state index in [4.69, 9.17) is 9.47 Å². The lowest BCUT2D eigenvalue weighted by Gasteiger charge is -2.16. The molecule has 0 bridgehead atoms. The Morgan fingerprint density at radius 2 is 1.74 bits per heavy atom. The zero-order chi connectivity index (χ0) is 25.2. The average molecular weight is 554 g/mol. The van der Waals surface area contributed by atoms with E-state index in [2.05, 4.69) is 61.0 Å². The first-order valence-corrected chi connectivity index (χ1v) is 13.3. The second kappa shape index (κ2) is 10.5. The molecule has 35 heavy (non-hydrogen) atoms. The number of esters is 1. The van der Waals surface area contributed by atoms with Gasteiger partial charge in [-0.3, -0.25) is 4.79 Å². The number of fused-ring (bicyclic) bond motifs is 2. The number of rotatable bonds is 8. The maximum absolute atomic E-state index is 12.7. The normalized spacial score (nSPS) is 11.7. The minimum absolute atomic E-state index is 0.126. The van der Waals surface area contributed by atoms with Crippen molar-refractivity contribution in [3.63, 3.8) is 0 Å². The minimum atomic E-state index is -0.390. The van der Waals surface area contributed by atoms with Crippen LogP contribution >= 0.6 is 27.3 Å². The van der Waals surface area contributed by atoms with Crippen LogP contribution < -0.4 is 4.74 Å². The van der Waals surface area contributed by atoms with Gasteiger partial charge in [0.1, 0.15) is 5.75 Å². The number of ether oxygens (including phenoxy) is 2. The van der Waals surface area contributed by atoms with Crippen molar-refractivity contribution in [2.75, 3.05) is 13.2 Å². The van der Waals surface area contributed by atoms with Crippen molar-refractivity contribution in [1.82, 2.24) is 0 Å². The van der Waals surface area contributed by atoms with Gasteiger partial charge in [-0.05, 0) is 80.7 Å². The maximum Gasteiger partial charge on any atom is 0.344 e. The standard InChI is InChI=1S/C29H29BrO4S/c1-5-33-27(32)17-34-24-11-9-18-14-20(8-10-22(18)28(24)30)26-16-21-7-6-19(15-25(21)35-26)23(31)12-13-29(2,3)4/h6-11,14-16H,5,12-13,17H2,1-4H3. The lowest BCUT2D eigenvalue weighted by atomic mass is 9.88. The first kappa shape index (κ1) is 25.4. The van der Waals surface area contributed by atoms with Gasteiger partial charge in [0.15, 0.2) is 12.4 Å². The number of carbonyl (C=O) groups excluding carboxylic acids is 2. The number of benzene rings is 3. The molecule has 4 nitrogen and oxygen atoms in total. The van der Waals surface area contributed by atoms with Crippen LogP contribution in [0.5, 0.6) is 5.75 Å². The lowest BCUT2D eigenvalue weighted by Crippen LogP contribution is -2.14. The quantitative estimate of drug-likeness (QED) is 0.162. The van der Waals surface area contributed by atoms with Crippen LogP contribution in [0.2, 0.25) is 0 Å². The number of halogens is 1. The molecule has 3 aromatic carbocycles. The number of thiophene rings is 1. The summed E-state index contributed by atoms with van der Waals surface area (Å²) >= 11 is 5.32. The molecule has 0 amide bonds. The topological polar surface area (TPSA) is 52.6 Å². The monoisotopic (exact) mass is 552 g/mol. The highest BCUT2D eigenvalue weighted by atomic mass is 79.9. The number of hydrogen-bond donors (Lipinski definition) is 0. The molecule has 0 saturated carbocycles. The van der Waals surface area contributed by atoms with Crippen LogP contribution in [0.25, 0.3) is 31.3 Å². The van der Waals surface area contributed by atoms with Crippen LogP contribution in [0.1, 0.15) is 50.9 Å². The van der Waals surface area contributed by atoms with Gasteiger partial charge in [-0.15, -0.1) is 11.3 Å². The molecule has 0 saturated heterocycles. The third-order valence-corrected chi connectivity index (χ3v) is 7.76. The van der Waals surface area contributed by atoms with Gasteiger partial charge in [0.25, 0.3) is 0 Å². The largest absolute Gasteiger partial charge is 0.481 e. The maximum atomic E-state index is 12.7. The summed E-state index contributed by atoms with van der Waals surface area (Å²) in [4.78, 5) is 25.5. The van der Waals surface area contributed by atoms with Crippen molar-refractivity contribution >= 4 is 59.9 Å². The molecule has 4 rings (SSSR count).